The molecule has 35 heavy (non-hydrogen) atoms. The second kappa shape index (κ2) is 10.2. The van der Waals surface area contributed by atoms with Crippen molar-refractivity contribution in [3.63, 3.8) is 0 Å². The standard InChI is InChI=1S/C26H21F3N2O3S/c27-26(28,29)35(32,33)31(19-22-7-4-16-30-18-22)23-10-14-25(15-11-23)34-24-12-8-21(9-13-24)17-20-5-2-1-3-6-20/h1-16,18H,17,19H2. The van der Waals surface area contributed by atoms with Gasteiger partial charge < -0.3 is 4.74 Å². The normalized spacial score (nSPS) is 11.7. The minimum Gasteiger partial charge on any atom is -0.457 e. The Hall–Kier alpha value is -3.85. The van der Waals surface area contributed by atoms with Crippen LogP contribution in [-0.4, -0.2) is 18.9 Å². The minimum atomic E-state index is -5.63. The van der Waals surface area contributed by atoms with E-state index in [9.17, 15) is 21.6 Å². The number of anilines is 1. The zero-order valence-corrected chi connectivity index (χ0v) is 19.2. The third-order valence-corrected chi connectivity index (χ3v) is 6.67. The highest BCUT2D eigenvalue weighted by Gasteiger charge is 2.50. The van der Waals surface area contributed by atoms with Crippen molar-refractivity contribution in [2.75, 3.05) is 4.31 Å². The summed E-state index contributed by atoms with van der Waals surface area (Å²) in [6.07, 6.45) is 3.54. The van der Waals surface area contributed by atoms with Crippen LogP contribution >= 0.6 is 0 Å². The van der Waals surface area contributed by atoms with Crippen molar-refractivity contribution in [2.24, 2.45) is 0 Å². The maximum Gasteiger partial charge on any atom is 0.516 e. The summed E-state index contributed by atoms with van der Waals surface area (Å²) < 4.78 is 70.6. The number of sulfonamides is 1. The van der Waals surface area contributed by atoms with Crippen molar-refractivity contribution < 1.29 is 26.3 Å². The largest absolute Gasteiger partial charge is 0.516 e. The van der Waals surface area contributed by atoms with E-state index in [4.69, 9.17) is 4.74 Å². The number of benzene rings is 3. The SMILES string of the molecule is O=S(=O)(N(Cc1cccnc1)c1ccc(Oc2ccc(Cc3ccccc3)cc2)cc1)C(F)(F)F. The van der Waals surface area contributed by atoms with Crippen molar-refractivity contribution in [3.8, 4) is 11.5 Å². The molecule has 0 fully saturated rings. The molecule has 1 heterocycles. The van der Waals surface area contributed by atoms with Crippen LogP contribution in [0.5, 0.6) is 11.5 Å². The van der Waals surface area contributed by atoms with Crippen LogP contribution in [0, 0.1) is 0 Å². The molecule has 9 heteroatoms. The fourth-order valence-corrected chi connectivity index (χ4v) is 4.39. The molecule has 0 aliphatic heterocycles. The highest BCUT2D eigenvalue weighted by atomic mass is 32.2. The minimum absolute atomic E-state index is 0.142. The van der Waals surface area contributed by atoms with Gasteiger partial charge in [-0.1, -0.05) is 48.5 Å². The lowest BCUT2D eigenvalue weighted by Crippen LogP contribution is -2.40. The van der Waals surface area contributed by atoms with Gasteiger partial charge in [-0.05, 0) is 65.6 Å². The average molecular weight is 499 g/mol. The third-order valence-electron chi connectivity index (χ3n) is 5.17. The lowest BCUT2D eigenvalue weighted by Gasteiger charge is -2.25. The van der Waals surface area contributed by atoms with Crippen molar-refractivity contribution in [2.45, 2.75) is 18.5 Å². The number of halogens is 3. The topological polar surface area (TPSA) is 59.5 Å². The van der Waals surface area contributed by atoms with Gasteiger partial charge in [0.25, 0.3) is 0 Å². The summed E-state index contributed by atoms with van der Waals surface area (Å²) in [6.45, 7) is -0.515. The number of pyridine rings is 1. The molecule has 0 amide bonds. The second-order valence-electron chi connectivity index (χ2n) is 7.72. The monoisotopic (exact) mass is 498 g/mol. The van der Waals surface area contributed by atoms with Gasteiger partial charge in [-0.3, -0.25) is 9.29 Å². The molecule has 0 aliphatic carbocycles. The van der Waals surface area contributed by atoms with Crippen LogP contribution in [0.25, 0.3) is 0 Å². The van der Waals surface area contributed by atoms with Gasteiger partial charge in [-0.15, -0.1) is 0 Å². The predicted molar refractivity (Wildman–Crippen MR) is 128 cm³/mol. The Labute approximate surface area is 201 Å². The zero-order valence-electron chi connectivity index (χ0n) is 18.4. The van der Waals surface area contributed by atoms with E-state index < -0.39 is 22.1 Å². The Kier molecular flexibility index (Phi) is 7.07. The van der Waals surface area contributed by atoms with Gasteiger partial charge in [-0.25, -0.2) is 0 Å². The summed E-state index contributed by atoms with van der Waals surface area (Å²) in [7, 11) is -5.63. The molecule has 0 unspecified atom stereocenters. The first-order valence-corrected chi connectivity index (χ1v) is 12.0. The number of alkyl halides is 3. The molecule has 0 saturated heterocycles. The van der Waals surface area contributed by atoms with E-state index in [1.165, 1.54) is 54.4 Å². The Morgan fingerprint density at radius 3 is 1.89 bits per heavy atom. The summed E-state index contributed by atoms with van der Waals surface area (Å²) in [5, 5.41) is 0. The molecule has 0 N–H and O–H groups in total. The van der Waals surface area contributed by atoms with Gasteiger partial charge in [0.1, 0.15) is 11.5 Å². The highest BCUT2D eigenvalue weighted by Crippen LogP contribution is 2.33. The van der Waals surface area contributed by atoms with Gasteiger partial charge in [-0.2, -0.15) is 21.6 Å². The lowest BCUT2D eigenvalue weighted by atomic mass is 10.1. The molecule has 0 atom stereocenters. The van der Waals surface area contributed by atoms with Gasteiger partial charge in [0.05, 0.1) is 12.2 Å². The van der Waals surface area contributed by atoms with E-state index in [1.54, 1.807) is 12.1 Å². The molecule has 3 aromatic carbocycles. The molecular weight excluding hydrogens is 477 g/mol. The third kappa shape index (κ3) is 5.99. The summed E-state index contributed by atoms with van der Waals surface area (Å²) >= 11 is 0. The number of rotatable bonds is 8. The number of hydrogen-bond acceptors (Lipinski definition) is 4. The first-order valence-electron chi connectivity index (χ1n) is 10.6. The number of hydrogen-bond donors (Lipinski definition) is 0. The van der Waals surface area contributed by atoms with Crippen LogP contribution in [0.15, 0.2) is 103 Å². The molecular formula is C26H21F3N2O3S. The summed E-state index contributed by atoms with van der Waals surface area (Å²) in [6, 6.07) is 25.9. The molecule has 0 aliphatic rings. The van der Waals surface area contributed by atoms with Crippen molar-refractivity contribution >= 4 is 15.7 Å². The van der Waals surface area contributed by atoms with E-state index in [1.807, 2.05) is 42.5 Å². The maximum atomic E-state index is 13.3. The van der Waals surface area contributed by atoms with E-state index >= 15 is 0 Å². The van der Waals surface area contributed by atoms with Crippen LogP contribution < -0.4 is 9.04 Å². The maximum absolute atomic E-state index is 13.3. The van der Waals surface area contributed by atoms with Gasteiger partial charge >= 0.3 is 15.5 Å². The van der Waals surface area contributed by atoms with E-state index in [2.05, 4.69) is 4.98 Å². The summed E-state index contributed by atoms with van der Waals surface area (Å²) in [5.41, 5.74) is -3.00. The molecule has 180 valence electrons. The predicted octanol–water partition coefficient (Wildman–Crippen LogP) is 6.32. The second-order valence-corrected chi connectivity index (χ2v) is 9.57. The van der Waals surface area contributed by atoms with Crippen LogP contribution in [0.2, 0.25) is 0 Å². The fraction of sp³-hybridized carbons (Fsp3) is 0.115. The lowest BCUT2D eigenvalue weighted by molar-refractivity contribution is -0.0438. The molecule has 0 spiro atoms. The van der Waals surface area contributed by atoms with Crippen molar-refractivity contribution in [3.05, 3.63) is 120 Å². The van der Waals surface area contributed by atoms with Gasteiger partial charge in [0.2, 0.25) is 0 Å². The van der Waals surface area contributed by atoms with E-state index in [-0.39, 0.29) is 5.69 Å². The fourth-order valence-electron chi connectivity index (χ4n) is 3.42. The van der Waals surface area contributed by atoms with Crippen LogP contribution in [0.4, 0.5) is 18.9 Å². The Balaban J connectivity index is 1.50. The first-order chi connectivity index (χ1) is 16.7. The molecule has 4 rings (SSSR count). The molecule has 4 aromatic rings. The number of ether oxygens (including phenoxy) is 1. The molecule has 0 bridgehead atoms. The van der Waals surface area contributed by atoms with Crippen LogP contribution in [0.1, 0.15) is 16.7 Å². The van der Waals surface area contributed by atoms with Crippen molar-refractivity contribution in [1.82, 2.24) is 4.98 Å². The highest BCUT2D eigenvalue weighted by molar-refractivity contribution is 7.93. The number of aromatic nitrogens is 1. The average Bonchev–Trinajstić information content (AvgIpc) is 2.85. The van der Waals surface area contributed by atoms with E-state index in [0.29, 0.717) is 21.4 Å². The zero-order chi connectivity index (χ0) is 24.9. The number of nitrogens with zero attached hydrogens (tertiary/aromatic N) is 2. The van der Waals surface area contributed by atoms with Gasteiger partial charge in [0, 0.05) is 12.4 Å². The van der Waals surface area contributed by atoms with Crippen LogP contribution in [-0.2, 0) is 23.0 Å². The van der Waals surface area contributed by atoms with Crippen LogP contribution in [0.3, 0.4) is 0 Å². The molecule has 0 saturated carbocycles. The first kappa shape index (κ1) is 24.3. The Bertz CT molecular complexity index is 1350. The smallest absolute Gasteiger partial charge is 0.457 e. The quantitative estimate of drug-likeness (QED) is 0.285. The summed E-state index contributed by atoms with van der Waals surface area (Å²) in [5.74, 6) is 0.903. The molecule has 1 aromatic heterocycles. The summed E-state index contributed by atoms with van der Waals surface area (Å²) in [4.78, 5) is 3.84. The Morgan fingerprint density at radius 1 is 0.743 bits per heavy atom. The van der Waals surface area contributed by atoms with Crippen molar-refractivity contribution in [1.29, 1.82) is 0 Å². The van der Waals surface area contributed by atoms with E-state index in [0.717, 1.165) is 12.0 Å². The molecule has 0 radical (unpaired) electrons. The molecule has 5 nitrogen and oxygen atoms in total. The van der Waals surface area contributed by atoms with Gasteiger partial charge in [0.15, 0.2) is 0 Å². The Morgan fingerprint density at radius 2 is 1.31 bits per heavy atom.